The normalized spacial score (nSPS) is 13.4. The summed E-state index contributed by atoms with van der Waals surface area (Å²) < 4.78 is 70.5. The number of fused-ring (bicyclic) bond motifs is 2. The molecule has 23 heteroatoms. The third-order valence-electron chi connectivity index (χ3n) is 21.9. The first-order valence-electron chi connectivity index (χ1n) is 39.1. The number of rotatable bonds is 33. The molecule has 0 fully saturated rings. The number of nitrogens with zero attached hydrogens (tertiary/aromatic N) is 4. The van der Waals surface area contributed by atoms with E-state index in [1.54, 1.807) is 90.4 Å². The van der Waals surface area contributed by atoms with Crippen LogP contribution in [0.4, 0.5) is 0 Å². The predicted octanol–water partition coefficient (Wildman–Crippen LogP) is 19.1. The second kappa shape index (κ2) is 34.9. The molecule has 6 amide bonds. The van der Waals surface area contributed by atoms with Crippen LogP contribution in [-0.2, 0) is 41.2 Å². The molecule has 2 aliphatic heterocycles. The highest BCUT2D eigenvalue weighted by atomic mass is 28.4. The van der Waals surface area contributed by atoms with Crippen LogP contribution in [0.2, 0.25) is 12.1 Å². The molecule has 13 aromatic rings. The zero-order chi connectivity index (χ0) is 82.6. The number of hydrogen-bond donors (Lipinski definition) is 0. The van der Waals surface area contributed by atoms with Crippen molar-refractivity contribution in [2.45, 2.75) is 51.9 Å². The fourth-order valence-corrected chi connectivity index (χ4v) is 19.2. The Bertz CT molecular complexity index is 5410. The standard InChI is InChI=1S/C95H90N4O17Si2/c1-58(2)88(94(104)96(56-106-5)44-46-117(108-7)109-8)98-90(100)72-52-76(113-68-40-24-36-64(48-68)60-28-16-12-17-29-60)82-84-78(115-70-42-26-38-66(50-70)62-32-20-14-21-33-62)54-74-81-75(93(103)99(92(74)102)89(59(3)4)95(105)97(57-107-6)45-47-118(110-9,111-10)112-11)55-79(116-71-43-27-39-67(51-71)63-34-22-15-23-35-63)85(87(81)84)83-77(53-73(91(98)101)80(72)86(82)83)114-69-41-25-37-65(49-69)61-30-18-13-19-31-61/h12-43,48-55,58-59,88-89,117H,44-47,56-57H2,1-11H3. The molecule has 2 aliphatic rings. The largest absolute Gasteiger partial charge is 0.501 e. The smallest absolute Gasteiger partial charge is 0.457 e. The summed E-state index contributed by atoms with van der Waals surface area (Å²) in [6, 6.07) is 73.0. The van der Waals surface area contributed by atoms with Gasteiger partial charge >= 0.3 is 18.1 Å². The molecule has 0 saturated carbocycles. The number of carbonyl (C=O) groups excluding carboxylic acids is 6. The van der Waals surface area contributed by atoms with Gasteiger partial charge in [0.2, 0.25) is 11.8 Å². The average molecular weight is 1620 g/mol. The van der Waals surface area contributed by atoms with E-state index in [1.807, 2.05) is 194 Å². The Balaban J connectivity index is 1.10. The Morgan fingerprint density at radius 1 is 0.339 bits per heavy atom. The van der Waals surface area contributed by atoms with Crippen LogP contribution in [0.15, 0.2) is 243 Å². The topological polar surface area (TPSA) is 217 Å². The van der Waals surface area contributed by atoms with Crippen molar-refractivity contribution in [2.75, 3.05) is 76.3 Å². The minimum atomic E-state index is -3.37. The van der Waals surface area contributed by atoms with E-state index in [-0.39, 0.29) is 121 Å². The number of imide groups is 2. The quantitative estimate of drug-likeness (QED) is 0.0123. The lowest BCUT2D eigenvalue weighted by Gasteiger charge is -2.39. The van der Waals surface area contributed by atoms with Gasteiger partial charge in [-0.2, -0.15) is 0 Å². The van der Waals surface area contributed by atoms with Gasteiger partial charge in [0.05, 0.1) is 22.3 Å². The summed E-state index contributed by atoms with van der Waals surface area (Å²) in [4.78, 5) is 104. The molecule has 2 unspecified atom stereocenters. The maximum atomic E-state index is 16.9. The predicted molar refractivity (Wildman–Crippen MR) is 458 cm³/mol. The number of hydrogen-bond acceptors (Lipinski definition) is 17. The van der Waals surface area contributed by atoms with E-state index in [9.17, 15) is 0 Å². The van der Waals surface area contributed by atoms with E-state index in [0.29, 0.717) is 29.0 Å². The molecule has 0 aromatic heterocycles. The van der Waals surface area contributed by atoms with Gasteiger partial charge in [0.25, 0.3) is 23.6 Å². The second-order valence-corrected chi connectivity index (χ2v) is 35.3. The molecule has 0 saturated heterocycles. The second-order valence-electron chi connectivity index (χ2n) is 29.8. The lowest BCUT2D eigenvalue weighted by Crippen LogP contribution is -2.57. The maximum absolute atomic E-state index is 16.9. The molecule has 0 N–H and O–H groups in total. The minimum absolute atomic E-state index is 0.0200. The Hall–Kier alpha value is -12.3. The fourth-order valence-electron chi connectivity index (χ4n) is 16.3. The van der Waals surface area contributed by atoms with Crippen LogP contribution >= 0.6 is 0 Å². The van der Waals surface area contributed by atoms with Gasteiger partial charge in [-0.25, -0.2) is 0 Å². The van der Waals surface area contributed by atoms with E-state index in [2.05, 4.69) is 0 Å². The third kappa shape index (κ3) is 15.5. The van der Waals surface area contributed by atoms with Crippen molar-refractivity contribution in [3.63, 3.8) is 0 Å². The van der Waals surface area contributed by atoms with Gasteiger partial charge in [-0.1, -0.05) is 198 Å². The van der Waals surface area contributed by atoms with Crippen LogP contribution < -0.4 is 18.9 Å². The fraction of sp³-hybridized carbons (Fsp3) is 0.221. The van der Waals surface area contributed by atoms with Crippen LogP contribution in [0.3, 0.4) is 0 Å². The highest BCUT2D eigenvalue weighted by Crippen LogP contribution is 2.59. The highest BCUT2D eigenvalue weighted by molar-refractivity contribution is 6.60. The van der Waals surface area contributed by atoms with E-state index >= 15 is 28.8 Å². The van der Waals surface area contributed by atoms with Gasteiger partial charge in [-0.3, -0.25) is 38.6 Å². The summed E-state index contributed by atoms with van der Waals surface area (Å²) in [5.41, 5.74) is 6.49. The van der Waals surface area contributed by atoms with Crippen LogP contribution in [-0.4, -0.2) is 162 Å². The van der Waals surface area contributed by atoms with Crippen molar-refractivity contribution in [1.82, 2.24) is 19.6 Å². The molecule has 21 nitrogen and oxygen atoms in total. The van der Waals surface area contributed by atoms with Crippen LogP contribution in [0.5, 0.6) is 46.0 Å². The monoisotopic (exact) mass is 1610 g/mol. The molecule has 118 heavy (non-hydrogen) atoms. The summed E-state index contributed by atoms with van der Waals surface area (Å²) in [5.74, 6) is -4.51. The molecular weight excluding hydrogens is 1530 g/mol. The van der Waals surface area contributed by atoms with Crippen molar-refractivity contribution in [1.29, 1.82) is 0 Å². The van der Waals surface area contributed by atoms with E-state index in [0.717, 1.165) is 54.3 Å². The number of ether oxygens (including phenoxy) is 6. The number of carbonyl (C=O) groups is 6. The van der Waals surface area contributed by atoms with Crippen molar-refractivity contribution in [3.8, 4) is 90.5 Å². The van der Waals surface area contributed by atoms with E-state index < -0.39 is 77.5 Å². The molecule has 2 atom stereocenters. The maximum Gasteiger partial charge on any atom is 0.501 e. The van der Waals surface area contributed by atoms with Gasteiger partial charge in [-0.05, 0) is 129 Å². The van der Waals surface area contributed by atoms with Crippen molar-refractivity contribution in [2.24, 2.45) is 11.8 Å². The molecule has 2 heterocycles. The Kier molecular flexibility index (Phi) is 23.9. The van der Waals surface area contributed by atoms with Crippen molar-refractivity contribution >= 4 is 96.6 Å². The molecule has 0 bridgehead atoms. The Morgan fingerprint density at radius 2 is 0.610 bits per heavy atom. The molecule has 0 radical (unpaired) electrons. The summed E-state index contributed by atoms with van der Waals surface area (Å²) in [7, 11) is 4.79. The molecule has 15 rings (SSSR count). The molecule has 0 aliphatic carbocycles. The van der Waals surface area contributed by atoms with Gasteiger partial charge in [0, 0.05) is 118 Å². The summed E-state index contributed by atoms with van der Waals surface area (Å²) >= 11 is 0. The minimum Gasteiger partial charge on any atom is -0.457 e. The SMILES string of the molecule is COCN(CC[SiH](OC)OC)C(=O)C(C(C)C)N1C(=O)c2cc(Oc3cccc(-c4ccccc4)c3)c3c4c(Oc5cccc(-c6ccccc6)c5)cc5c6c(cc(Oc7cccc(-c8ccccc8)c7)c(c7c(Oc8cccc(-c9ccccc9)c8)cc(c2c37)C1=O)c64)C(=O)N(C(C(=O)N(CC[Si](OC)(OC)OC)COC)C(C)C)C5=O. The number of methoxy groups -OCH3 is 2. The van der Waals surface area contributed by atoms with Crippen molar-refractivity contribution < 1.29 is 79.3 Å². The van der Waals surface area contributed by atoms with E-state index in [4.69, 9.17) is 50.6 Å². The molecule has 13 aromatic carbocycles. The van der Waals surface area contributed by atoms with Gasteiger partial charge in [0.15, 0.2) is 0 Å². The van der Waals surface area contributed by atoms with Crippen LogP contribution in [0.25, 0.3) is 87.6 Å². The van der Waals surface area contributed by atoms with Crippen LogP contribution in [0.1, 0.15) is 69.1 Å². The van der Waals surface area contributed by atoms with Gasteiger partial charge in [0.1, 0.15) is 71.5 Å². The summed E-state index contributed by atoms with van der Waals surface area (Å²) in [6.07, 6.45) is 0. The van der Waals surface area contributed by atoms with Crippen LogP contribution in [0, 0.1) is 11.8 Å². The van der Waals surface area contributed by atoms with Crippen molar-refractivity contribution in [3.05, 3.63) is 265 Å². The average Bonchev–Trinajstić information content (AvgIpc) is 0.669. The zero-order valence-electron chi connectivity index (χ0n) is 67.5. The first-order chi connectivity index (χ1) is 57.3. The zero-order valence-corrected chi connectivity index (χ0v) is 69.6. The summed E-state index contributed by atoms with van der Waals surface area (Å²) in [6.45, 7) is 6.74. The van der Waals surface area contributed by atoms with E-state index in [1.165, 1.54) is 45.3 Å². The highest BCUT2D eigenvalue weighted by Gasteiger charge is 2.49. The first kappa shape index (κ1) is 80.9. The van der Waals surface area contributed by atoms with Gasteiger partial charge < -0.3 is 60.4 Å². The summed E-state index contributed by atoms with van der Waals surface area (Å²) in [5, 5.41) is 1.74. The Morgan fingerprint density at radius 3 is 0.864 bits per heavy atom. The molecular formula is C95H90N4O17Si2. The third-order valence-corrected chi connectivity index (χ3v) is 26.4. The number of amides is 6. The Labute approximate surface area is 687 Å². The van der Waals surface area contributed by atoms with Gasteiger partial charge in [-0.15, -0.1) is 0 Å². The number of benzene rings is 13. The lowest BCUT2D eigenvalue weighted by molar-refractivity contribution is -0.142. The molecule has 600 valence electrons. The first-order valence-corrected chi connectivity index (χ1v) is 42.7. The lowest BCUT2D eigenvalue weighted by atomic mass is 9.80. The molecule has 0 spiro atoms.